The third-order valence-electron chi connectivity index (χ3n) is 1.45. The molecule has 0 atom stereocenters. The Labute approximate surface area is 74.9 Å². The molecule has 0 heterocycles. The molecule has 1 aliphatic carbocycles. The fourth-order valence-corrected chi connectivity index (χ4v) is 0.849. The third-order valence-corrected chi connectivity index (χ3v) is 1.45. The predicted molar refractivity (Wildman–Crippen MR) is 43.9 cm³/mol. The second kappa shape index (κ2) is 3.80. The van der Waals surface area contributed by atoms with Gasteiger partial charge < -0.3 is 4.74 Å². The molecule has 0 amide bonds. The fourth-order valence-electron chi connectivity index (χ4n) is 0.849. The van der Waals surface area contributed by atoms with E-state index in [4.69, 9.17) is 0 Å². The van der Waals surface area contributed by atoms with Gasteiger partial charge in [-0.3, -0.25) is 9.59 Å². The van der Waals surface area contributed by atoms with Crippen LogP contribution in [0.5, 0.6) is 0 Å². The van der Waals surface area contributed by atoms with E-state index in [9.17, 15) is 14.4 Å². The van der Waals surface area contributed by atoms with Crippen LogP contribution in [0.4, 0.5) is 0 Å². The summed E-state index contributed by atoms with van der Waals surface area (Å²) in [7, 11) is 0. The Bertz CT molecular complexity index is 323. The lowest BCUT2D eigenvalue weighted by Gasteiger charge is -2.04. The highest BCUT2D eigenvalue weighted by Gasteiger charge is 2.18. The molecule has 0 aliphatic heterocycles. The first-order valence-corrected chi connectivity index (χ1v) is 3.80. The zero-order valence-corrected chi connectivity index (χ0v) is 7.07. The molecule has 0 fully saturated rings. The molecule has 68 valence electrons. The molecular formula is C9H8O4. The molecular weight excluding hydrogens is 172 g/mol. The van der Waals surface area contributed by atoms with Gasteiger partial charge in [0.2, 0.25) is 11.6 Å². The number of esters is 1. The SMILES string of the molecule is CCOC(=O)C1=CC(=O)C(=O)C=C1. The second-order valence-electron chi connectivity index (χ2n) is 2.38. The van der Waals surface area contributed by atoms with E-state index in [1.165, 1.54) is 6.08 Å². The maximum atomic E-state index is 11.0. The van der Waals surface area contributed by atoms with E-state index < -0.39 is 17.5 Å². The number of allylic oxidation sites excluding steroid dienone is 2. The lowest BCUT2D eigenvalue weighted by molar-refractivity contribution is -0.138. The monoisotopic (exact) mass is 180 g/mol. The number of carbonyl (C=O) groups excluding carboxylic acids is 3. The average molecular weight is 180 g/mol. The molecule has 4 heteroatoms. The Morgan fingerprint density at radius 2 is 2.00 bits per heavy atom. The van der Waals surface area contributed by atoms with Crippen LogP contribution in [-0.4, -0.2) is 24.1 Å². The van der Waals surface area contributed by atoms with Gasteiger partial charge in [-0.05, 0) is 19.1 Å². The van der Waals surface area contributed by atoms with Gasteiger partial charge in [0.1, 0.15) is 0 Å². The molecule has 0 radical (unpaired) electrons. The van der Waals surface area contributed by atoms with Gasteiger partial charge in [0, 0.05) is 6.08 Å². The Hall–Kier alpha value is -1.71. The molecule has 0 aromatic rings. The number of carbonyl (C=O) groups is 3. The average Bonchev–Trinajstić information content (AvgIpc) is 2.10. The first kappa shape index (κ1) is 9.38. The molecule has 4 nitrogen and oxygen atoms in total. The number of ether oxygens (including phenoxy) is 1. The summed E-state index contributed by atoms with van der Waals surface area (Å²) in [6.45, 7) is 1.91. The van der Waals surface area contributed by atoms with Crippen LogP contribution in [-0.2, 0) is 19.1 Å². The lowest BCUT2D eigenvalue weighted by Crippen LogP contribution is -2.16. The van der Waals surface area contributed by atoms with Crippen molar-refractivity contribution in [3.8, 4) is 0 Å². The van der Waals surface area contributed by atoms with Crippen molar-refractivity contribution >= 4 is 17.5 Å². The topological polar surface area (TPSA) is 60.4 Å². The quantitative estimate of drug-likeness (QED) is 0.345. The zero-order chi connectivity index (χ0) is 9.84. The van der Waals surface area contributed by atoms with Crippen molar-refractivity contribution in [2.45, 2.75) is 6.92 Å². The molecule has 0 N–H and O–H groups in total. The smallest absolute Gasteiger partial charge is 0.338 e. The summed E-state index contributed by atoms with van der Waals surface area (Å²) in [4.78, 5) is 32.6. The molecule has 0 spiro atoms. The predicted octanol–water partition coefficient (Wildman–Crippen LogP) is 0.184. The van der Waals surface area contributed by atoms with Crippen molar-refractivity contribution in [2.75, 3.05) is 6.61 Å². The van der Waals surface area contributed by atoms with E-state index in [1.807, 2.05) is 0 Å². The van der Waals surface area contributed by atoms with Crippen LogP contribution in [0.2, 0.25) is 0 Å². The molecule has 13 heavy (non-hydrogen) atoms. The standard InChI is InChI=1S/C9H8O4/c1-2-13-9(12)6-3-4-7(10)8(11)5-6/h3-5H,2H2,1H3. The molecule has 0 aromatic carbocycles. The number of hydrogen-bond acceptors (Lipinski definition) is 4. The van der Waals surface area contributed by atoms with Gasteiger partial charge in [-0.15, -0.1) is 0 Å². The summed E-state index contributed by atoms with van der Waals surface area (Å²) in [5, 5.41) is 0. The number of ketones is 2. The lowest BCUT2D eigenvalue weighted by atomic mass is 10.1. The molecule has 0 saturated heterocycles. The van der Waals surface area contributed by atoms with Crippen molar-refractivity contribution in [2.24, 2.45) is 0 Å². The van der Waals surface area contributed by atoms with Gasteiger partial charge in [0.05, 0.1) is 12.2 Å². The van der Waals surface area contributed by atoms with Crippen molar-refractivity contribution in [1.29, 1.82) is 0 Å². The van der Waals surface area contributed by atoms with E-state index in [0.717, 1.165) is 12.2 Å². The van der Waals surface area contributed by atoms with Crippen LogP contribution in [0.1, 0.15) is 6.92 Å². The summed E-state index contributed by atoms with van der Waals surface area (Å²) in [5.41, 5.74) is 0.117. The molecule has 0 aromatic heterocycles. The van der Waals surface area contributed by atoms with Gasteiger partial charge in [-0.2, -0.15) is 0 Å². The molecule has 0 unspecified atom stereocenters. The molecule has 0 bridgehead atoms. The van der Waals surface area contributed by atoms with Crippen LogP contribution in [0.15, 0.2) is 23.8 Å². The van der Waals surface area contributed by atoms with Crippen molar-refractivity contribution in [3.05, 3.63) is 23.8 Å². The van der Waals surface area contributed by atoms with Gasteiger partial charge in [-0.25, -0.2) is 4.79 Å². The van der Waals surface area contributed by atoms with Crippen LogP contribution in [0.25, 0.3) is 0 Å². The van der Waals surface area contributed by atoms with Crippen molar-refractivity contribution < 1.29 is 19.1 Å². The number of hydrogen-bond donors (Lipinski definition) is 0. The molecule has 1 rings (SSSR count). The van der Waals surface area contributed by atoms with E-state index in [2.05, 4.69) is 4.74 Å². The Morgan fingerprint density at radius 3 is 2.54 bits per heavy atom. The van der Waals surface area contributed by atoms with Crippen LogP contribution in [0, 0.1) is 0 Å². The van der Waals surface area contributed by atoms with E-state index in [1.54, 1.807) is 6.92 Å². The highest BCUT2D eigenvalue weighted by atomic mass is 16.5. The summed E-state index contributed by atoms with van der Waals surface area (Å²) < 4.78 is 4.64. The normalized spacial score (nSPS) is 15.6. The fraction of sp³-hybridized carbons (Fsp3) is 0.222. The Kier molecular flexibility index (Phi) is 2.74. The maximum absolute atomic E-state index is 11.0. The minimum absolute atomic E-state index is 0.117. The van der Waals surface area contributed by atoms with Gasteiger partial charge in [0.15, 0.2) is 0 Å². The second-order valence-corrected chi connectivity index (χ2v) is 2.38. The van der Waals surface area contributed by atoms with Gasteiger partial charge >= 0.3 is 5.97 Å². The maximum Gasteiger partial charge on any atom is 0.338 e. The highest BCUT2D eigenvalue weighted by Crippen LogP contribution is 2.06. The van der Waals surface area contributed by atoms with E-state index in [-0.39, 0.29) is 12.2 Å². The Morgan fingerprint density at radius 1 is 1.31 bits per heavy atom. The van der Waals surface area contributed by atoms with Crippen LogP contribution in [0.3, 0.4) is 0 Å². The van der Waals surface area contributed by atoms with Crippen molar-refractivity contribution in [3.63, 3.8) is 0 Å². The van der Waals surface area contributed by atoms with Gasteiger partial charge in [0.25, 0.3) is 0 Å². The minimum Gasteiger partial charge on any atom is -0.462 e. The van der Waals surface area contributed by atoms with Crippen molar-refractivity contribution in [1.82, 2.24) is 0 Å². The number of rotatable bonds is 2. The summed E-state index contributed by atoms with van der Waals surface area (Å²) in [5.74, 6) is -1.89. The van der Waals surface area contributed by atoms with Gasteiger partial charge in [-0.1, -0.05) is 0 Å². The van der Waals surface area contributed by atoms with Crippen LogP contribution < -0.4 is 0 Å². The first-order valence-electron chi connectivity index (χ1n) is 3.80. The van der Waals surface area contributed by atoms with E-state index in [0.29, 0.717) is 0 Å². The minimum atomic E-state index is -0.689. The Balaban J connectivity index is 2.79. The first-order chi connectivity index (χ1) is 6.15. The van der Waals surface area contributed by atoms with E-state index >= 15 is 0 Å². The van der Waals surface area contributed by atoms with Crippen LogP contribution >= 0.6 is 0 Å². The zero-order valence-electron chi connectivity index (χ0n) is 7.07. The molecule has 1 aliphatic rings. The summed E-state index contributed by atoms with van der Waals surface area (Å²) >= 11 is 0. The molecule has 0 saturated carbocycles. The third kappa shape index (κ3) is 2.11. The summed E-state index contributed by atoms with van der Waals surface area (Å²) in [6.07, 6.45) is 3.33. The summed E-state index contributed by atoms with van der Waals surface area (Å²) in [6, 6.07) is 0. The highest BCUT2D eigenvalue weighted by molar-refractivity contribution is 6.47. The largest absolute Gasteiger partial charge is 0.462 e.